The van der Waals surface area contributed by atoms with Gasteiger partial charge in [-0.25, -0.2) is 9.59 Å². The maximum atomic E-state index is 14.2. The molecule has 4 atom stereocenters. The predicted octanol–water partition coefficient (Wildman–Crippen LogP) is 19.5. The molecule has 0 radical (unpaired) electrons. The summed E-state index contributed by atoms with van der Waals surface area (Å²) < 4.78 is 149. The summed E-state index contributed by atoms with van der Waals surface area (Å²) in [6, 6.07) is 42.9. The number of urea groups is 1. The number of alkyl halides is 6. The van der Waals surface area contributed by atoms with Gasteiger partial charge in [-0.1, -0.05) is 119 Å². The molecule has 4 aliphatic rings. The van der Waals surface area contributed by atoms with Gasteiger partial charge in [-0.2, -0.15) is 85.3 Å². The lowest BCUT2D eigenvalue weighted by atomic mass is 9.83. The Hall–Kier alpha value is -6.55. The van der Waals surface area contributed by atoms with Crippen LogP contribution in [0.5, 0.6) is 34.5 Å². The van der Waals surface area contributed by atoms with E-state index in [1.807, 2.05) is 49.5 Å². The molecule has 12 rings (SSSR count). The topological polar surface area (TPSA) is 188 Å². The molecule has 2 N–H and O–H groups in total. The number of rotatable bonds is 28. The van der Waals surface area contributed by atoms with Gasteiger partial charge in [-0.15, -0.1) is 0 Å². The minimum atomic E-state index is -4.60. The first-order chi connectivity index (χ1) is 54.6. The summed E-state index contributed by atoms with van der Waals surface area (Å²) in [6.07, 6.45) is -1.69. The van der Waals surface area contributed by atoms with E-state index < -0.39 is 62.2 Å². The van der Waals surface area contributed by atoms with E-state index in [0.29, 0.717) is 105 Å². The molecule has 2 saturated heterocycles. The lowest BCUT2D eigenvalue weighted by molar-refractivity contribution is -0.138. The number of methoxy groups -OCH3 is 6. The number of piperidine rings is 2. The molecule has 2 unspecified atom stereocenters. The first-order valence-electron chi connectivity index (χ1n) is 36.8. The first kappa shape index (κ1) is 100. The molecular formula is C84H100Cl4F6N6O12S6. The van der Waals surface area contributed by atoms with Crippen LogP contribution >= 0.6 is 100 Å². The molecule has 0 bridgehead atoms. The van der Waals surface area contributed by atoms with Crippen molar-refractivity contribution in [3.63, 3.8) is 0 Å². The minimum absolute atomic E-state index is 0. The van der Waals surface area contributed by atoms with Crippen molar-refractivity contribution in [2.24, 2.45) is 4.99 Å². The molecule has 2 amide bonds. The van der Waals surface area contributed by atoms with Gasteiger partial charge in [-0.3, -0.25) is 8.42 Å². The van der Waals surface area contributed by atoms with Crippen molar-refractivity contribution in [1.82, 2.24) is 20.0 Å². The van der Waals surface area contributed by atoms with E-state index in [9.17, 15) is 44.3 Å². The number of nitrogens with one attached hydrogen (secondary N) is 2. The second kappa shape index (κ2) is 45.0. The molecule has 8 aromatic rings. The highest BCUT2D eigenvalue weighted by molar-refractivity contribution is 7.85. The lowest BCUT2D eigenvalue weighted by Crippen LogP contribution is -2.52. The van der Waals surface area contributed by atoms with E-state index in [0.717, 1.165) is 112 Å². The standard InChI is InChI=1S/C42H46Cl2F3N3O6S.C34H42Cl2N2O5S.C8H4F3NO.4H2S/c1-49(39(51)48-32-11-7-10-31(23-32)42(45,46)47)40(30-13-14-34(43)35(44)24-30,27-56-25-28-21-36(53-2)38(55-4)37(22-28)54-3)15-8-18-50-19-16-41(17-20-50)33-12-6-5-9-29(33)26-57(41)52;1-37-33(26-10-11-28(35)29(36)20-26,23-43-21-24-18-30(40-2)32(42-4)31(19-24)41-3)12-7-15-38-16-13-34(14-17-38)27-9-6-5-8-25(27)22-44(34)39;9-8(10,11)6-2-1-3-7(4-6)12-5-13;;;;/h5-7,9-14,21-24H,8,15-20,25-27H2,1-4H3,(H,48,51);5-6,8-11,18-20,37H,7,12-17,21-23H2,1-4H3;1-4H;4*1H2/t40-,57?;33-,44?;;;;;/m11...../s1. The number of anilines is 1. The Morgan fingerprint density at radius 3 is 1.37 bits per heavy atom. The largest absolute Gasteiger partial charge is 0.493 e. The van der Waals surface area contributed by atoms with Crippen molar-refractivity contribution < 1.29 is 82.2 Å². The molecule has 4 heterocycles. The summed E-state index contributed by atoms with van der Waals surface area (Å²) in [5, 5.41) is 7.85. The highest BCUT2D eigenvalue weighted by atomic mass is 35.5. The SMILES string of the molecule is CN[C@](CCCN1CCC2(CC1)c1ccccc1CS2=O)(COCc1cc(OC)c(OC)c(OC)c1)c1ccc(Cl)c(Cl)c1.COc1cc(COC[C@](CCCN2CCC3(CC2)c2ccccc2CS3=O)(c2ccc(Cl)c(Cl)c2)N(C)C(=O)Nc2cccc(C(F)(F)F)c2)cc(OC)c1OC.O=C=Nc1cccc(C(F)(F)F)c1.S.S.S.S. The third-order valence-electron chi connectivity index (χ3n) is 21.8. The number of hydrogen-bond donors (Lipinski definition) is 2. The summed E-state index contributed by atoms with van der Waals surface area (Å²) in [7, 11) is 11.0. The Morgan fingerprint density at radius 2 is 0.941 bits per heavy atom. The number of benzene rings is 8. The fraction of sp³-hybridized carbons (Fsp3) is 0.405. The van der Waals surface area contributed by atoms with Crippen LogP contribution in [0, 0.1) is 0 Å². The summed E-state index contributed by atoms with van der Waals surface area (Å²) >= 11 is 25.8. The zero-order chi connectivity index (χ0) is 82.2. The van der Waals surface area contributed by atoms with Gasteiger partial charge in [0.2, 0.25) is 17.6 Å². The van der Waals surface area contributed by atoms with Gasteiger partial charge in [0.25, 0.3) is 0 Å². The van der Waals surface area contributed by atoms with Gasteiger partial charge in [0.15, 0.2) is 23.0 Å². The monoisotopic (exact) mass is 1830 g/mol. The molecule has 118 heavy (non-hydrogen) atoms. The number of halogens is 10. The van der Waals surface area contributed by atoms with Crippen LogP contribution in [-0.4, -0.2) is 144 Å². The third kappa shape index (κ3) is 23.6. The average Bonchev–Trinajstić information content (AvgIpc) is 1.60. The number of hydrogen-bond acceptors (Lipinski definition) is 16. The van der Waals surface area contributed by atoms with Crippen molar-refractivity contribution in [2.45, 2.75) is 109 Å². The Kier molecular flexibility index (Phi) is 38.2. The van der Waals surface area contributed by atoms with E-state index >= 15 is 0 Å². The summed E-state index contributed by atoms with van der Waals surface area (Å²) in [4.78, 5) is 33.3. The summed E-state index contributed by atoms with van der Waals surface area (Å²) in [6.45, 7) is 5.82. The number of ether oxygens (including phenoxy) is 8. The molecule has 4 aliphatic heterocycles. The number of fused-ring (bicyclic) bond motifs is 4. The van der Waals surface area contributed by atoms with Crippen LogP contribution in [-0.2, 0) is 93.5 Å². The van der Waals surface area contributed by atoms with Crippen molar-refractivity contribution in [1.29, 1.82) is 0 Å². The Morgan fingerprint density at radius 1 is 0.517 bits per heavy atom. The number of aliphatic imine (C=N–C) groups is 1. The normalized spacial score (nSPS) is 16.7. The molecule has 0 saturated carbocycles. The van der Waals surface area contributed by atoms with Crippen LogP contribution in [0.25, 0.3) is 0 Å². The van der Waals surface area contributed by atoms with Crippen LogP contribution in [0.1, 0.15) is 107 Å². The number of carbonyl (C=O) groups is 1. The van der Waals surface area contributed by atoms with Gasteiger partial charge in [-0.05, 0) is 227 Å². The maximum absolute atomic E-state index is 14.2. The number of amides is 2. The fourth-order valence-electron chi connectivity index (χ4n) is 15.5. The number of carbonyl (C=O) groups excluding carboxylic acids is 2. The Bertz CT molecular complexity index is 4730. The van der Waals surface area contributed by atoms with Crippen LogP contribution in [0.3, 0.4) is 0 Å². The zero-order valence-corrected chi connectivity index (χ0v) is 75.1. The second-order valence-corrected chi connectivity index (χ2v) is 33.3. The van der Waals surface area contributed by atoms with Crippen molar-refractivity contribution >= 4 is 145 Å². The summed E-state index contributed by atoms with van der Waals surface area (Å²) in [5.74, 6) is 4.28. The molecule has 0 aromatic heterocycles. The van der Waals surface area contributed by atoms with Crippen LogP contribution in [0.4, 0.5) is 42.5 Å². The minimum Gasteiger partial charge on any atom is -0.493 e. The predicted molar refractivity (Wildman–Crippen MR) is 476 cm³/mol. The van der Waals surface area contributed by atoms with E-state index in [2.05, 4.69) is 61.8 Å². The molecule has 0 aliphatic carbocycles. The van der Waals surface area contributed by atoms with Crippen molar-refractivity contribution in [3.8, 4) is 34.5 Å². The van der Waals surface area contributed by atoms with E-state index in [4.69, 9.17) is 84.3 Å². The van der Waals surface area contributed by atoms with Gasteiger partial charge < -0.3 is 63.2 Å². The third-order valence-corrected chi connectivity index (χ3v) is 27.4. The molecule has 2 fully saturated rings. The van der Waals surface area contributed by atoms with Gasteiger partial charge in [0.05, 0.1) is 127 Å². The number of isocyanates is 1. The second-order valence-electron chi connectivity index (χ2n) is 28.2. The number of likely N-dealkylation sites (N-methyl/N-ethyl adjacent to an activating group) is 2. The smallest absolute Gasteiger partial charge is 0.416 e. The van der Waals surface area contributed by atoms with E-state index in [-0.39, 0.29) is 93.1 Å². The lowest BCUT2D eigenvalue weighted by Gasteiger charge is -2.43. The van der Waals surface area contributed by atoms with Crippen LogP contribution in [0.15, 0.2) is 163 Å². The Balaban J connectivity index is 0.000000314. The fourth-order valence-corrected chi connectivity index (χ4v) is 19.9. The molecule has 644 valence electrons. The zero-order valence-electron chi connectivity index (χ0n) is 66.4. The average molecular weight is 1830 g/mol. The highest BCUT2D eigenvalue weighted by Gasteiger charge is 2.49. The number of likely N-dealkylation sites (tertiary alicyclic amines) is 2. The number of nitrogens with zero attached hydrogens (tertiary/aromatic N) is 4. The molecule has 8 aromatic carbocycles. The van der Waals surface area contributed by atoms with Gasteiger partial charge in [0, 0.05) is 45.8 Å². The maximum Gasteiger partial charge on any atom is 0.416 e. The van der Waals surface area contributed by atoms with Crippen molar-refractivity contribution in [2.75, 3.05) is 115 Å². The summed E-state index contributed by atoms with van der Waals surface area (Å²) in [5.41, 5.74) is 4.71. The molecular weight excluding hydrogens is 1730 g/mol. The molecule has 2 spiro atoms. The first-order valence-corrected chi connectivity index (χ1v) is 40.9. The van der Waals surface area contributed by atoms with Crippen LogP contribution < -0.4 is 39.1 Å². The molecule has 18 nitrogen and oxygen atoms in total. The van der Waals surface area contributed by atoms with Gasteiger partial charge in [0.1, 0.15) is 0 Å². The van der Waals surface area contributed by atoms with E-state index in [1.54, 1.807) is 58.7 Å². The van der Waals surface area contributed by atoms with Gasteiger partial charge >= 0.3 is 18.4 Å². The molecule has 34 heteroatoms. The van der Waals surface area contributed by atoms with Crippen LogP contribution in [0.2, 0.25) is 20.1 Å². The highest BCUT2D eigenvalue weighted by Crippen LogP contribution is 2.50. The van der Waals surface area contributed by atoms with Crippen molar-refractivity contribution in [3.05, 3.63) is 233 Å². The van der Waals surface area contributed by atoms with E-state index in [1.165, 1.54) is 73.3 Å². The Labute approximate surface area is 738 Å². The quantitative estimate of drug-likeness (QED) is 0.0267.